The number of nitrogens with zero attached hydrogens (tertiary/aromatic N) is 1. The summed E-state index contributed by atoms with van der Waals surface area (Å²) in [6.45, 7) is 0. The Labute approximate surface area is 72.9 Å². The van der Waals surface area contributed by atoms with Crippen LogP contribution in [0.25, 0.3) is 11.1 Å². The van der Waals surface area contributed by atoms with E-state index in [-0.39, 0.29) is 5.96 Å². The zero-order valence-corrected chi connectivity index (χ0v) is 6.65. The fourth-order valence-corrected chi connectivity index (χ4v) is 1.19. The fourth-order valence-electron chi connectivity index (χ4n) is 1.19. The minimum Gasteiger partial charge on any atom is -0.407 e. The highest BCUT2D eigenvalue weighted by molar-refractivity contribution is 5.88. The summed E-state index contributed by atoms with van der Waals surface area (Å²) in [7, 11) is 0. The Kier molecular flexibility index (Phi) is 1.45. The maximum Gasteiger partial charge on any atom is 0.426 e. The van der Waals surface area contributed by atoms with Crippen molar-refractivity contribution in [1.82, 2.24) is 4.57 Å². The van der Waals surface area contributed by atoms with Crippen molar-refractivity contribution in [3.05, 3.63) is 34.8 Å². The summed E-state index contributed by atoms with van der Waals surface area (Å²) in [5.74, 6) is -0.969. The third-order valence-electron chi connectivity index (χ3n) is 1.73. The van der Waals surface area contributed by atoms with E-state index in [2.05, 4.69) is 0 Å². The molecule has 5 heteroatoms. The number of nitrogens with one attached hydrogen (secondary N) is 1. The SMILES string of the molecule is N=C(N)n1c(=O)oc2ccccc21. The molecule has 0 unspecified atom stereocenters. The van der Waals surface area contributed by atoms with Gasteiger partial charge in [-0.05, 0) is 12.1 Å². The molecule has 1 aromatic carbocycles. The lowest BCUT2D eigenvalue weighted by Crippen LogP contribution is -2.28. The highest BCUT2D eigenvalue weighted by Crippen LogP contribution is 2.10. The molecule has 13 heavy (non-hydrogen) atoms. The number of para-hydroxylation sites is 2. The van der Waals surface area contributed by atoms with Crippen molar-refractivity contribution in [2.75, 3.05) is 0 Å². The lowest BCUT2D eigenvalue weighted by atomic mass is 10.3. The molecule has 0 atom stereocenters. The van der Waals surface area contributed by atoms with E-state index < -0.39 is 5.76 Å². The second-order valence-corrected chi connectivity index (χ2v) is 2.56. The average molecular weight is 177 g/mol. The Morgan fingerprint density at radius 1 is 1.46 bits per heavy atom. The van der Waals surface area contributed by atoms with Gasteiger partial charge in [-0.1, -0.05) is 12.1 Å². The molecule has 0 saturated heterocycles. The normalized spacial score (nSPS) is 10.5. The molecule has 0 amide bonds. The summed E-state index contributed by atoms with van der Waals surface area (Å²) < 4.78 is 5.86. The summed E-state index contributed by atoms with van der Waals surface area (Å²) >= 11 is 0. The number of aromatic nitrogens is 1. The second kappa shape index (κ2) is 2.48. The average Bonchev–Trinajstić information content (AvgIpc) is 2.39. The molecule has 1 heterocycles. The number of rotatable bonds is 0. The Morgan fingerprint density at radius 3 is 2.85 bits per heavy atom. The number of benzene rings is 1. The molecule has 0 bridgehead atoms. The largest absolute Gasteiger partial charge is 0.426 e. The van der Waals surface area contributed by atoms with Gasteiger partial charge in [0.2, 0.25) is 5.96 Å². The Bertz CT molecular complexity index is 523. The molecule has 0 radical (unpaired) electrons. The predicted molar refractivity (Wildman–Crippen MR) is 47.8 cm³/mol. The molecule has 0 aliphatic rings. The van der Waals surface area contributed by atoms with Crippen LogP contribution in [0, 0.1) is 5.41 Å². The minimum atomic E-state index is -0.631. The van der Waals surface area contributed by atoms with Gasteiger partial charge < -0.3 is 10.2 Å². The van der Waals surface area contributed by atoms with Crippen molar-refractivity contribution in [2.45, 2.75) is 0 Å². The molecule has 2 rings (SSSR count). The van der Waals surface area contributed by atoms with Crippen molar-refractivity contribution in [1.29, 1.82) is 5.41 Å². The minimum absolute atomic E-state index is 0.338. The fraction of sp³-hybridized carbons (Fsp3) is 0. The van der Waals surface area contributed by atoms with Crippen LogP contribution in [-0.2, 0) is 0 Å². The number of fused-ring (bicyclic) bond motifs is 1. The van der Waals surface area contributed by atoms with Crippen LogP contribution < -0.4 is 11.5 Å². The first-order valence-electron chi connectivity index (χ1n) is 3.65. The van der Waals surface area contributed by atoms with Gasteiger partial charge in [0.1, 0.15) is 0 Å². The topological polar surface area (TPSA) is 85.0 Å². The van der Waals surface area contributed by atoms with Crippen LogP contribution in [0.4, 0.5) is 0 Å². The van der Waals surface area contributed by atoms with E-state index in [9.17, 15) is 4.79 Å². The van der Waals surface area contributed by atoms with Crippen molar-refractivity contribution < 1.29 is 4.42 Å². The van der Waals surface area contributed by atoms with Gasteiger partial charge in [0.05, 0.1) is 5.52 Å². The summed E-state index contributed by atoms with van der Waals surface area (Å²) in [6, 6.07) is 6.81. The molecule has 0 aliphatic carbocycles. The van der Waals surface area contributed by atoms with Gasteiger partial charge in [-0.3, -0.25) is 5.41 Å². The maximum atomic E-state index is 11.2. The third kappa shape index (κ3) is 1.01. The summed E-state index contributed by atoms with van der Waals surface area (Å²) in [5, 5.41) is 7.16. The van der Waals surface area contributed by atoms with Crippen LogP contribution in [0.3, 0.4) is 0 Å². The molecule has 1 aromatic heterocycles. The van der Waals surface area contributed by atoms with Crippen LogP contribution in [-0.4, -0.2) is 10.5 Å². The Morgan fingerprint density at radius 2 is 2.15 bits per heavy atom. The standard InChI is InChI=1S/C8H7N3O2/c9-7(10)11-5-3-1-2-4-6(5)13-8(11)12/h1-4H,(H3,9,10). The van der Waals surface area contributed by atoms with Crippen LogP contribution in [0.5, 0.6) is 0 Å². The zero-order valence-electron chi connectivity index (χ0n) is 6.65. The highest BCUT2D eigenvalue weighted by atomic mass is 16.4. The molecule has 0 saturated carbocycles. The first-order valence-corrected chi connectivity index (χ1v) is 3.65. The van der Waals surface area contributed by atoms with E-state index in [0.29, 0.717) is 11.1 Å². The van der Waals surface area contributed by atoms with Gasteiger partial charge in [-0.25, -0.2) is 9.36 Å². The van der Waals surface area contributed by atoms with Gasteiger partial charge in [0.25, 0.3) is 0 Å². The zero-order chi connectivity index (χ0) is 9.42. The van der Waals surface area contributed by atoms with E-state index in [1.54, 1.807) is 24.3 Å². The summed E-state index contributed by atoms with van der Waals surface area (Å²) in [5.41, 5.74) is 6.16. The molecule has 0 spiro atoms. The smallest absolute Gasteiger partial charge is 0.407 e. The molecule has 2 aromatic rings. The van der Waals surface area contributed by atoms with Crippen LogP contribution in [0.1, 0.15) is 0 Å². The van der Waals surface area contributed by atoms with E-state index in [1.165, 1.54) is 0 Å². The molecular formula is C8H7N3O2. The van der Waals surface area contributed by atoms with Crippen molar-refractivity contribution >= 4 is 17.1 Å². The van der Waals surface area contributed by atoms with E-state index in [4.69, 9.17) is 15.6 Å². The van der Waals surface area contributed by atoms with E-state index >= 15 is 0 Å². The molecule has 5 nitrogen and oxygen atoms in total. The molecule has 3 N–H and O–H groups in total. The lowest BCUT2D eigenvalue weighted by Gasteiger charge is -1.95. The summed E-state index contributed by atoms with van der Waals surface area (Å²) in [6.07, 6.45) is 0. The number of oxazole rings is 1. The van der Waals surface area contributed by atoms with Gasteiger partial charge in [-0.15, -0.1) is 0 Å². The van der Waals surface area contributed by atoms with Crippen molar-refractivity contribution in [2.24, 2.45) is 5.73 Å². The number of hydrogen-bond acceptors (Lipinski definition) is 3. The molecule has 0 fully saturated rings. The third-order valence-corrected chi connectivity index (χ3v) is 1.73. The summed E-state index contributed by atoms with van der Waals surface area (Å²) in [4.78, 5) is 11.2. The quantitative estimate of drug-likeness (QED) is 0.449. The highest BCUT2D eigenvalue weighted by Gasteiger charge is 2.09. The molecule has 0 aliphatic heterocycles. The number of nitrogen functional groups attached to an aromatic ring is 1. The van der Waals surface area contributed by atoms with Gasteiger partial charge in [0.15, 0.2) is 5.58 Å². The monoisotopic (exact) mass is 177 g/mol. The van der Waals surface area contributed by atoms with Crippen LogP contribution >= 0.6 is 0 Å². The predicted octanol–water partition coefficient (Wildman–Crippen LogP) is 0.336. The van der Waals surface area contributed by atoms with Crippen LogP contribution in [0.2, 0.25) is 0 Å². The molecule has 66 valence electrons. The lowest BCUT2D eigenvalue weighted by molar-refractivity contribution is 0.544. The first kappa shape index (κ1) is 7.60. The number of nitrogens with two attached hydrogens (primary N) is 1. The van der Waals surface area contributed by atoms with Gasteiger partial charge in [-0.2, -0.15) is 0 Å². The van der Waals surface area contributed by atoms with Crippen LogP contribution in [0.15, 0.2) is 33.5 Å². The second-order valence-electron chi connectivity index (χ2n) is 2.56. The molecular weight excluding hydrogens is 170 g/mol. The van der Waals surface area contributed by atoms with Crippen molar-refractivity contribution in [3.8, 4) is 0 Å². The maximum absolute atomic E-state index is 11.2. The number of hydrogen-bond donors (Lipinski definition) is 2. The van der Waals surface area contributed by atoms with Crippen molar-refractivity contribution in [3.63, 3.8) is 0 Å². The van der Waals surface area contributed by atoms with E-state index in [0.717, 1.165) is 4.57 Å². The first-order chi connectivity index (χ1) is 6.20. The Hall–Kier alpha value is -2.04. The van der Waals surface area contributed by atoms with Gasteiger partial charge >= 0.3 is 5.76 Å². The van der Waals surface area contributed by atoms with E-state index in [1.807, 2.05) is 0 Å². The van der Waals surface area contributed by atoms with Gasteiger partial charge in [0, 0.05) is 0 Å². The Balaban J connectivity index is 2.95.